The quantitative estimate of drug-likeness (QED) is 0.841. The van der Waals surface area contributed by atoms with Crippen LogP contribution in [0.15, 0.2) is 18.2 Å². The van der Waals surface area contributed by atoms with E-state index >= 15 is 0 Å². The molecule has 126 valence electrons. The average molecular weight is 357 g/mol. The highest BCUT2D eigenvalue weighted by Gasteiger charge is 2.26. The summed E-state index contributed by atoms with van der Waals surface area (Å²) in [4.78, 5) is 24.3. The highest BCUT2D eigenvalue weighted by Crippen LogP contribution is 2.26. The van der Waals surface area contributed by atoms with Crippen LogP contribution in [0, 0.1) is 5.92 Å². The Labute approximate surface area is 146 Å². The molecule has 1 aliphatic rings. The van der Waals surface area contributed by atoms with Gasteiger partial charge in [0.05, 0.1) is 16.1 Å². The molecule has 0 radical (unpaired) electrons. The molecule has 4 nitrogen and oxygen atoms in total. The van der Waals surface area contributed by atoms with Crippen molar-refractivity contribution >= 4 is 35.0 Å². The van der Waals surface area contributed by atoms with E-state index in [2.05, 4.69) is 10.6 Å². The van der Waals surface area contributed by atoms with Gasteiger partial charge >= 0.3 is 0 Å². The number of nitrogens with one attached hydrogen (secondary N) is 2. The number of rotatable bonds is 5. The maximum Gasteiger partial charge on any atom is 0.242 e. The monoisotopic (exact) mass is 356 g/mol. The summed E-state index contributed by atoms with van der Waals surface area (Å²) in [6.45, 7) is 3.56. The second kappa shape index (κ2) is 8.02. The number of hydrogen-bond acceptors (Lipinski definition) is 2. The number of amides is 2. The van der Waals surface area contributed by atoms with Crippen molar-refractivity contribution in [2.75, 3.05) is 0 Å². The van der Waals surface area contributed by atoms with Crippen molar-refractivity contribution < 1.29 is 9.59 Å². The van der Waals surface area contributed by atoms with Gasteiger partial charge in [-0.15, -0.1) is 0 Å². The van der Waals surface area contributed by atoms with Crippen LogP contribution in [-0.4, -0.2) is 17.9 Å². The molecular weight excluding hydrogens is 335 g/mol. The summed E-state index contributed by atoms with van der Waals surface area (Å²) in [5.74, 6) is -0.181. The van der Waals surface area contributed by atoms with Crippen molar-refractivity contribution in [2.24, 2.45) is 5.92 Å². The molecule has 0 heterocycles. The Balaban J connectivity index is 1.89. The molecule has 0 spiro atoms. The fourth-order valence-corrected chi connectivity index (χ4v) is 3.09. The van der Waals surface area contributed by atoms with E-state index < -0.39 is 6.04 Å². The zero-order chi connectivity index (χ0) is 17.0. The molecular formula is C17H22Cl2N2O2. The van der Waals surface area contributed by atoms with Crippen LogP contribution in [0.3, 0.4) is 0 Å². The molecule has 2 N–H and O–H groups in total. The van der Waals surface area contributed by atoms with Gasteiger partial charge in [0.25, 0.3) is 0 Å². The van der Waals surface area contributed by atoms with Gasteiger partial charge in [0, 0.05) is 5.92 Å². The minimum absolute atomic E-state index is 0.0210. The molecule has 0 aromatic heterocycles. The van der Waals surface area contributed by atoms with E-state index in [4.69, 9.17) is 23.2 Å². The Bertz CT molecular complexity index is 586. The third-order valence-electron chi connectivity index (χ3n) is 4.28. The van der Waals surface area contributed by atoms with E-state index in [9.17, 15) is 9.59 Å². The molecule has 1 fully saturated rings. The number of hydrogen-bond donors (Lipinski definition) is 2. The molecule has 1 aromatic carbocycles. The predicted molar refractivity (Wildman–Crippen MR) is 92.6 cm³/mol. The number of benzene rings is 1. The van der Waals surface area contributed by atoms with Gasteiger partial charge in [-0.3, -0.25) is 9.59 Å². The van der Waals surface area contributed by atoms with Gasteiger partial charge in [-0.2, -0.15) is 0 Å². The van der Waals surface area contributed by atoms with E-state index in [1.54, 1.807) is 19.1 Å². The fraction of sp³-hybridized carbons (Fsp3) is 0.529. The lowest BCUT2D eigenvalue weighted by molar-refractivity contribution is -0.131. The molecule has 1 saturated carbocycles. The SMILES string of the molecule is CC(NC(=O)C1CCCC1)C(=O)NC(C)c1ccc(Cl)c(Cl)c1. The molecule has 2 unspecified atom stereocenters. The number of carbonyl (C=O) groups excluding carboxylic acids is 2. The van der Waals surface area contributed by atoms with E-state index in [0.717, 1.165) is 31.2 Å². The van der Waals surface area contributed by atoms with Crippen LogP contribution in [0.4, 0.5) is 0 Å². The van der Waals surface area contributed by atoms with Crippen molar-refractivity contribution in [3.8, 4) is 0 Å². The van der Waals surface area contributed by atoms with Crippen molar-refractivity contribution in [3.05, 3.63) is 33.8 Å². The fourth-order valence-electron chi connectivity index (χ4n) is 2.79. The van der Waals surface area contributed by atoms with Crippen LogP contribution in [0.1, 0.15) is 51.1 Å². The number of carbonyl (C=O) groups is 2. The minimum atomic E-state index is -0.562. The zero-order valence-corrected chi connectivity index (χ0v) is 14.9. The summed E-state index contributed by atoms with van der Waals surface area (Å²) in [7, 11) is 0. The molecule has 0 aliphatic heterocycles. The topological polar surface area (TPSA) is 58.2 Å². The van der Waals surface area contributed by atoms with Gasteiger partial charge in [0.15, 0.2) is 0 Å². The Hall–Kier alpha value is -1.26. The maximum absolute atomic E-state index is 12.2. The summed E-state index contributed by atoms with van der Waals surface area (Å²) in [5.41, 5.74) is 0.863. The normalized spacial score (nSPS) is 17.6. The Morgan fingerprint density at radius 3 is 2.35 bits per heavy atom. The summed E-state index contributed by atoms with van der Waals surface area (Å²) >= 11 is 11.9. The van der Waals surface area contributed by atoms with Crippen LogP contribution >= 0.6 is 23.2 Å². The third kappa shape index (κ3) is 4.85. The summed E-state index contributed by atoms with van der Waals surface area (Å²) in [6.07, 6.45) is 4.01. The second-order valence-electron chi connectivity index (χ2n) is 6.12. The van der Waals surface area contributed by atoms with Crippen LogP contribution < -0.4 is 10.6 Å². The first-order valence-corrected chi connectivity index (χ1v) is 8.69. The van der Waals surface area contributed by atoms with Crippen LogP contribution in [-0.2, 0) is 9.59 Å². The molecule has 0 bridgehead atoms. The van der Waals surface area contributed by atoms with Crippen LogP contribution in [0.2, 0.25) is 10.0 Å². The van der Waals surface area contributed by atoms with Crippen LogP contribution in [0.25, 0.3) is 0 Å². The van der Waals surface area contributed by atoms with Gasteiger partial charge in [-0.25, -0.2) is 0 Å². The van der Waals surface area contributed by atoms with E-state index in [1.165, 1.54) is 0 Å². The largest absolute Gasteiger partial charge is 0.348 e. The molecule has 0 saturated heterocycles. The van der Waals surface area contributed by atoms with E-state index in [1.807, 2.05) is 13.0 Å². The average Bonchev–Trinajstić information content (AvgIpc) is 3.04. The molecule has 6 heteroatoms. The Kier molecular flexibility index (Phi) is 6.31. The third-order valence-corrected chi connectivity index (χ3v) is 5.02. The lowest BCUT2D eigenvalue weighted by Crippen LogP contribution is -2.47. The van der Waals surface area contributed by atoms with E-state index in [0.29, 0.717) is 10.0 Å². The maximum atomic E-state index is 12.2. The van der Waals surface area contributed by atoms with Crippen molar-refractivity contribution in [3.63, 3.8) is 0 Å². The lowest BCUT2D eigenvalue weighted by Gasteiger charge is -2.20. The smallest absolute Gasteiger partial charge is 0.242 e. The summed E-state index contributed by atoms with van der Waals surface area (Å²) in [6, 6.07) is 4.47. The second-order valence-corrected chi connectivity index (χ2v) is 6.93. The standard InChI is InChI=1S/C17H22Cl2N2O2/c1-10(13-7-8-14(18)15(19)9-13)20-16(22)11(2)21-17(23)12-5-3-4-6-12/h7-12H,3-6H2,1-2H3,(H,20,22)(H,21,23). The zero-order valence-electron chi connectivity index (χ0n) is 13.4. The lowest BCUT2D eigenvalue weighted by atomic mass is 10.1. The van der Waals surface area contributed by atoms with Gasteiger partial charge in [-0.1, -0.05) is 42.1 Å². The molecule has 1 aromatic rings. The first-order valence-electron chi connectivity index (χ1n) is 7.94. The molecule has 1 aliphatic carbocycles. The first kappa shape index (κ1) is 18.1. The van der Waals surface area contributed by atoms with E-state index in [-0.39, 0.29) is 23.8 Å². The summed E-state index contributed by atoms with van der Waals surface area (Å²) in [5, 5.41) is 6.61. The first-order chi connectivity index (χ1) is 10.9. The van der Waals surface area contributed by atoms with Gasteiger partial charge in [-0.05, 0) is 44.4 Å². The van der Waals surface area contributed by atoms with Gasteiger partial charge in [0.1, 0.15) is 6.04 Å². The van der Waals surface area contributed by atoms with Crippen molar-refractivity contribution in [2.45, 2.75) is 51.6 Å². The molecule has 2 amide bonds. The molecule has 23 heavy (non-hydrogen) atoms. The minimum Gasteiger partial charge on any atom is -0.348 e. The van der Waals surface area contributed by atoms with Gasteiger partial charge < -0.3 is 10.6 Å². The van der Waals surface area contributed by atoms with Crippen molar-refractivity contribution in [1.29, 1.82) is 0 Å². The van der Waals surface area contributed by atoms with Crippen molar-refractivity contribution in [1.82, 2.24) is 10.6 Å². The Morgan fingerprint density at radius 2 is 1.74 bits per heavy atom. The molecule has 2 rings (SSSR count). The predicted octanol–water partition coefficient (Wildman–Crippen LogP) is 3.87. The summed E-state index contributed by atoms with van der Waals surface area (Å²) < 4.78 is 0. The molecule has 2 atom stereocenters. The number of halogens is 2. The Morgan fingerprint density at radius 1 is 1.09 bits per heavy atom. The van der Waals surface area contributed by atoms with Gasteiger partial charge in [0.2, 0.25) is 11.8 Å². The highest BCUT2D eigenvalue weighted by molar-refractivity contribution is 6.42. The van der Waals surface area contributed by atoms with Crippen LogP contribution in [0.5, 0.6) is 0 Å². The highest BCUT2D eigenvalue weighted by atomic mass is 35.5.